The van der Waals surface area contributed by atoms with Crippen molar-refractivity contribution >= 4 is 39.1 Å². The lowest BCUT2D eigenvalue weighted by Crippen LogP contribution is -2.24. The molecular formula is C19H16N6O3S. The molecule has 0 saturated heterocycles. The van der Waals surface area contributed by atoms with Crippen molar-refractivity contribution in [3.8, 4) is 11.3 Å². The number of nitrogens with one attached hydrogen (secondary N) is 2. The molecule has 4 rings (SSSR count). The van der Waals surface area contributed by atoms with E-state index in [1.165, 1.54) is 16.0 Å². The van der Waals surface area contributed by atoms with Crippen molar-refractivity contribution in [3.05, 3.63) is 63.7 Å². The molecule has 0 aliphatic heterocycles. The van der Waals surface area contributed by atoms with Crippen LogP contribution in [-0.2, 0) is 18.3 Å². The number of primary amides is 1. The first-order chi connectivity index (χ1) is 13.9. The molecule has 0 atom stereocenters. The fourth-order valence-electron chi connectivity index (χ4n) is 2.97. The van der Waals surface area contributed by atoms with E-state index in [-0.39, 0.29) is 23.6 Å². The number of benzene rings is 1. The van der Waals surface area contributed by atoms with Gasteiger partial charge in [-0.1, -0.05) is 18.2 Å². The lowest BCUT2D eigenvalue weighted by atomic mass is 10.1. The third-order valence-electron chi connectivity index (χ3n) is 4.36. The van der Waals surface area contributed by atoms with Crippen LogP contribution in [0.5, 0.6) is 0 Å². The Balaban J connectivity index is 1.53. The third-order valence-corrected chi connectivity index (χ3v) is 5.11. The lowest BCUT2D eigenvalue weighted by Gasteiger charge is -2.07. The number of hydrogen-bond donors (Lipinski definition) is 3. The van der Waals surface area contributed by atoms with Gasteiger partial charge < -0.3 is 16.0 Å². The Hall–Kier alpha value is -3.79. The summed E-state index contributed by atoms with van der Waals surface area (Å²) in [7, 11) is 1.56. The molecule has 0 radical (unpaired) electrons. The van der Waals surface area contributed by atoms with Crippen LogP contribution in [-0.4, -0.2) is 31.6 Å². The molecule has 4 N–H and O–H groups in total. The van der Waals surface area contributed by atoms with E-state index in [1.807, 2.05) is 0 Å². The van der Waals surface area contributed by atoms with Gasteiger partial charge in [0, 0.05) is 29.6 Å². The Morgan fingerprint density at radius 1 is 1.28 bits per heavy atom. The number of thiazole rings is 1. The quantitative estimate of drug-likeness (QED) is 0.461. The zero-order chi connectivity index (χ0) is 20.5. The first kappa shape index (κ1) is 18.6. The number of H-pyrrole nitrogens is 1. The van der Waals surface area contributed by atoms with E-state index >= 15 is 0 Å². The van der Waals surface area contributed by atoms with Gasteiger partial charge in [0.15, 0.2) is 5.13 Å². The number of carbonyl (C=O) groups excluding carboxylic acids is 2. The minimum absolute atomic E-state index is 0.000471. The first-order valence-corrected chi connectivity index (χ1v) is 9.49. The number of nitrogens with zero attached hydrogens (tertiary/aromatic N) is 3. The zero-order valence-corrected chi connectivity index (χ0v) is 16.1. The number of aryl methyl sites for hydroxylation is 1. The largest absolute Gasteiger partial charge is 0.364 e. The van der Waals surface area contributed by atoms with Gasteiger partial charge in [-0.05, 0) is 12.1 Å². The maximum Gasteiger partial charge on any atom is 0.274 e. The van der Waals surface area contributed by atoms with Crippen LogP contribution in [0.4, 0.5) is 5.13 Å². The van der Waals surface area contributed by atoms with E-state index in [1.54, 1.807) is 49.0 Å². The van der Waals surface area contributed by atoms with Gasteiger partial charge in [0.2, 0.25) is 5.91 Å². The fourth-order valence-corrected chi connectivity index (χ4v) is 3.71. The summed E-state index contributed by atoms with van der Waals surface area (Å²) in [6.45, 7) is 0. The highest BCUT2D eigenvalue weighted by molar-refractivity contribution is 7.14. The Bertz CT molecular complexity index is 1300. The van der Waals surface area contributed by atoms with Gasteiger partial charge in [-0.3, -0.25) is 14.4 Å². The van der Waals surface area contributed by atoms with Crippen LogP contribution in [0.3, 0.4) is 0 Å². The Labute approximate surface area is 168 Å². The number of rotatable bonds is 5. The summed E-state index contributed by atoms with van der Waals surface area (Å²) < 4.78 is 1.23. The minimum atomic E-state index is -0.558. The van der Waals surface area contributed by atoms with E-state index in [9.17, 15) is 14.4 Å². The van der Waals surface area contributed by atoms with Crippen molar-refractivity contribution in [1.29, 1.82) is 0 Å². The van der Waals surface area contributed by atoms with Crippen LogP contribution in [0, 0.1) is 0 Å². The molecule has 0 spiro atoms. The minimum Gasteiger partial charge on any atom is -0.364 e. The van der Waals surface area contributed by atoms with Crippen molar-refractivity contribution < 1.29 is 9.59 Å². The van der Waals surface area contributed by atoms with Crippen LogP contribution < -0.4 is 16.6 Å². The van der Waals surface area contributed by atoms with E-state index in [0.717, 1.165) is 0 Å². The summed E-state index contributed by atoms with van der Waals surface area (Å²) in [5.41, 5.74) is 7.12. The van der Waals surface area contributed by atoms with Gasteiger partial charge in [0.25, 0.3) is 11.5 Å². The molecule has 0 bridgehead atoms. The number of amides is 2. The molecule has 9 nitrogen and oxygen atoms in total. The second-order valence-electron chi connectivity index (χ2n) is 6.35. The predicted octanol–water partition coefficient (Wildman–Crippen LogP) is 1.67. The van der Waals surface area contributed by atoms with Gasteiger partial charge in [-0.15, -0.1) is 11.3 Å². The molecule has 2 amide bonds. The zero-order valence-electron chi connectivity index (χ0n) is 15.3. The Morgan fingerprint density at radius 3 is 2.76 bits per heavy atom. The fraction of sp³-hybridized carbons (Fsp3) is 0.105. The molecule has 0 fully saturated rings. The summed E-state index contributed by atoms with van der Waals surface area (Å²) in [6.07, 6.45) is 1.63. The molecule has 146 valence electrons. The second-order valence-corrected chi connectivity index (χ2v) is 7.21. The number of nitrogens with two attached hydrogens (primary N) is 1. The molecule has 0 aliphatic carbocycles. The summed E-state index contributed by atoms with van der Waals surface area (Å²) in [4.78, 5) is 43.1. The smallest absolute Gasteiger partial charge is 0.274 e. The first-order valence-electron chi connectivity index (χ1n) is 8.61. The van der Waals surface area contributed by atoms with Gasteiger partial charge in [0.1, 0.15) is 5.69 Å². The number of aromatic amines is 1. The Morgan fingerprint density at radius 2 is 2.03 bits per heavy atom. The molecule has 0 saturated carbocycles. The summed E-state index contributed by atoms with van der Waals surface area (Å²) in [5, 5.41) is 10.3. The Kier molecular flexibility index (Phi) is 4.69. The highest BCUT2D eigenvalue weighted by Crippen LogP contribution is 2.25. The van der Waals surface area contributed by atoms with Crippen LogP contribution in [0.1, 0.15) is 16.2 Å². The monoisotopic (exact) mass is 408 g/mol. The topological polar surface area (TPSA) is 136 Å². The van der Waals surface area contributed by atoms with Gasteiger partial charge in [-0.2, -0.15) is 5.10 Å². The van der Waals surface area contributed by atoms with E-state index in [0.29, 0.717) is 32.9 Å². The summed E-state index contributed by atoms with van der Waals surface area (Å²) in [6, 6.07) is 8.66. The summed E-state index contributed by atoms with van der Waals surface area (Å²) >= 11 is 1.26. The highest BCUT2D eigenvalue weighted by atomic mass is 32.1. The van der Waals surface area contributed by atoms with Crippen LogP contribution >= 0.6 is 11.3 Å². The maximum atomic E-state index is 12.5. The molecule has 29 heavy (non-hydrogen) atoms. The number of hydrogen-bond acceptors (Lipinski definition) is 6. The van der Waals surface area contributed by atoms with Crippen LogP contribution in [0.15, 0.2) is 46.7 Å². The molecule has 4 aromatic rings. The van der Waals surface area contributed by atoms with Gasteiger partial charge >= 0.3 is 0 Å². The van der Waals surface area contributed by atoms with E-state index < -0.39 is 5.91 Å². The van der Waals surface area contributed by atoms with Crippen molar-refractivity contribution in [2.24, 2.45) is 12.8 Å². The molecule has 10 heteroatoms. The average Bonchev–Trinajstić information content (AvgIpc) is 3.35. The molecular weight excluding hydrogens is 392 g/mol. The average molecular weight is 408 g/mol. The van der Waals surface area contributed by atoms with Crippen molar-refractivity contribution in [1.82, 2.24) is 19.7 Å². The third kappa shape index (κ3) is 3.65. The van der Waals surface area contributed by atoms with Crippen LogP contribution in [0.2, 0.25) is 0 Å². The second kappa shape index (κ2) is 7.32. The SMILES string of the molecule is Cn1nc(CC(=O)Nc2nc(-c3c[nH]c(C(N)=O)c3)cs2)c2ccccc2c1=O. The van der Waals surface area contributed by atoms with Crippen LogP contribution in [0.25, 0.3) is 22.0 Å². The number of fused-ring (bicyclic) bond motifs is 1. The number of aromatic nitrogens is 4. The molecule has 3 aromatic heterocycles. The maximum absolute atomic E-state index is 12.5. The molecule has 0 unspecified atom stereocenters. The lowest BCUT2D eigenvalue weighted by molar-refractivity contribution is -0.115. The number of carbonyl (C=O) groups is 2. The van der Waals surface area contributed by atoms with Crippen molar-refractivity contribution in [3.63, 3.8) is 0 Å². The van der Waals surface area contributed by atoms with Crippen molar-refractivity contribution in [2.75, 3.05) is 5.32 Å². The summed E-state index contributed by atoms with van der Waals surface area (Å²) in [5.74, 6) is -0.855. The van der Waals surface area contributed by atoms with Gasteiger partial charge in [-0.25, -0.2) is 9.67 Å². The standard InChI is InChI=1S/C19H16N6O3S/c1-25-18(28)12-5-3-2-4-11(12)13(24-25)7-16(26)23-19-22-15(9-29-19)10-6-14(17(20)27)21-8-10/h2-6,8-9,21H,7H2,1H3,(H2,20,27)(H,22,23,26). The molecule has 3 heterocycles. The highest BCUT2D eigenvalue weighted by Gasteiger charge is 2.15. The normalized spacial score (nSPS) is 10.9. The van der Waals surface area contributed by atoms with E-state index in [4.69, 9.17) is 5.73 Å². The van der Waals surface area contributed by atoms with Gasteiger partial charge in [0.05, 0.1) is 23.2 Å². The van der Waals surface area contributed by atoms with E-state index in [2.05, 4.69) is 20.4 Å². The molecule has 0 aliphatic rings. The van der Waals surface area contributed by atoms with Crippen molar-refractivity contribution in [2.45, 2.75) is 6.42 Å². The predicted molar refractivity (Wildman–Crippen MR) is 110 cm³/mol. The number of anilines is 1. The molecule has 1 aromatic carbocycles.